The van der Waals surface area contributed by atoms with Crippen LogP contribution in [-0.2, 0) is 19.2 Å². The summed E-state index contributed by atoms with van der Waals surface area (Å²) in [6, 6.07) is 0. The molecule has 0 aromatic rings. The molecule has 4 N–H and O–H groups in total. The van der Waals surface area contributed by atoms with Crippen LogP contribution in [0, 0.1) is 38.9 Å². The molecule has 2 aliphatic carbocycles. The fourth-order valence-corrected chi connectivity index (χ4v) is 5.99. The van der Waals surface area contributed by atoms with E-state index in [1.54, 1.807) is 0 Å². The van der Waals surface area contributed by atoms with Crippen LogP contribution < -0.4 is 21.3 Å². The van der Waals surface area contributed by atoms with E-state index in [0.29, 0.717) is 0 Å². The van der Waals surface area contributed by atoms with E-state index in [1.807, 2.05) is 55.4 Å². The van der Waals surface area contributed by atoms with Crippen molar-refractivity contribution < 1.29 is 19.2 Å². The van der Waals surface area contributed by atoms with Gasteiger partial charge in [0.25, 0.3) is 0 Å². The number of rotatable bonds is 18. The lowest BCUT2D eigenvalue weighted by atomic mass is 9.83. The first-order chi connectivity index (χ1) is 25.9. The third-order valence-electron chi connectivity index (χ3n) is 12.8. The Balaban J connectivity index is 0. The highest BCUT2D eigenvalue weighted by atomic mass is 16.2. The lowest BCUT2D eigenvalue weighted by Gasteiger charge is -2.26. The zero-order valence-corrected chi connectivity index (χ0v) is 40.1. The molecule has 4 amide bonds. The van der Waals surface area contributed by atoms with Crippen LogP contribution in [0.25, 0.3) is 0 Å². The maximum atomic E-state index is 12.0. The Hall–Kier alpha value is -2.12. The van der Waals surface area contributed by atoms with E-state index in [4.69, 9.17) is 0 Å². The van der Waals surface area contributed by atoms with Gasteiger partial charge in [0.2, 0.25) is 23.6 Å². The van der Waals surface area contributed by atoms with Gasteiger partial charge in [0.05, 0.1) is 0 Å². The van der Waals surface area contributed by atoms with E-state index < -0.39 is 0 Å². The van der Waals surface area contributed by atoms with Crippen LogP contribution >= 0.6 is 0 Å². The Kier molecular flexibility index (Phi) is 28.3. The Morgan fingerprint density at radius 3 is 1.16 bits per heavy atom. The summed E-state index contributed by atoms with van der Waals surface area (Å²) < 4.78 is 0. The standard InChI is InChI=1S/2C13H25NO.2C11H23NO/c1-4-13(2,3)12(15)14-10-11-8-6-5-7-9-11;1-4-13(3,5-2)12(15)14-10-11-8-6-7-9-11;1-7-11(5,6)9(13)12-8-10(2,3)4;1-5-7-8-9-12-10(13)11(3,4)6-2/h2*11H,4-10H2,1-3H3,(H,14,15);7-8H2,1-6H3,(H,12,13);5-9H2,1-4H3,(H,12,13). The molecular weight excluding hydrogens is 697 g/mol. The van der Waals surface area contributed by atoms with Crippen LogP contribution in [0.2, 0.25) is 0 Å². The first-order valence-corrected chi connectivity index (χ1v) is 23.0. The third-order valence-corrected chi connectivity index (χ3v) is 12.8. The van der Waals surface area contributed by atoms with E-state index in [-0.39, 0.29) is 50.7 Å². The SMILES string of the molecule is CCC(C)(C)C(=O)NCC(C)(C)C.CCC(C)(C)C(=O)NCC1CCCCC1.CCC(C)(CC)C(=O)NCC1CCCC1.CCCCCNC(=O)C(C)(C)CC. The first-order valence-electron chi connectivity index (χ1n) is 23.0. The molecule has 0 radical (unpaired) electrons. The molecule has 0 spiro atoms. The molecule has 0 atom stereocenters. The fraction of sp³-hybridized carbons (Fsp3) is 0.917. The molecule has 8 heteroatoms. The number of carbonyl (C=O) groups is 4. The predicted octanol–water partition coefficient (Wildman–Crippen LogP) is 11.6. The molecule has 2 rings (SSSR count). The summed E-state index contributed by atoms with van der Waals surface area (Å²) in [6.45, 7) is 36.3. The average molecular weight is 793 g/mol. The van der Waals surface area contributed by atoms with E-state index in [9.17, 15) is 19.2 Å². The molecule has 0 bridgehead atoms. The fourth-order valence-electron chi connectivity index (χ4n) is 5.99. The molecule has 0 heterocycles. The van der Waals surface area contributed by atoms with Gasteiger partial charge < -0.3 is 21.3 Å². The van der Waals surface area contributed by atoms with Crippen molar-refractivity contribution in [3.63, 3.8) is 0 Å². The van der Waals surface area contributed by atoms with Crippen molar-refractivity contribution in [2.24, 2.45) is 38.9 Å². The Morgan fingerprint density at radius 1 is 0.446 bits per heavy atom. The second-order valence-electron chi connectivity index (χ2n) is 20.3. The summed E-state index contributed by atoms with van der Waals surface area (Å²) >= 11 is 0. The van der Waals surface area contributed by atoms with Crippen molar-refractivity contribution in [3.8, 4) is 0 Å². The van der Waals surface area contributed by atoms with Gasteiger partial charge in [-0.05, 0) is 81.5 Å². The van der Waals surface area contributed by atoms with Crippen LogP contribution in [0.5, 0.6) is 0 Å². The predicted molar refractivity (Wildman–Crippen MR) is 240 cm³/mol. The number of hydrogen-bond donors (Lipinski definition) is 4. The van der Waals surface area contributed by atoms with Gasteiger partial charge >= 0.3 is 0 Å². The molecule has 332 valence electrons. The molecule has 2 fully saturated rings. The molecular formula is C48H96N4O4. The highest BCUT2D eigenvalue weighted by Gasteiger charge is 2.30. The second-order valence-corrected chi connectivity index (χ2v) is 20.3. The topological polar surface area (TPSA) is 116 Å². The highest BCUT2D eigenvalue weighted by Crippen LogP contribution is 2.28. The van der Waals surface area contributed by atoms with Crippen molar-refractivity contribution in [2.45, 2.75) is 220 Å². The third kappa shape index (κ3) is 24.6. The lowest BCUT2D eigenvalue weighted by molar-refractivity contribution is -0.131. The van der Waals surface area contributed by atoms with Crippen molar-refractivity contribution >= 4 is 23.6 Å². The molecule has 0 unspecified atom stereocenters. The molecule has 0 aliphatic heterocycles. The Bertz CT molecular complexity index is 1080. The quantitative estimate of drug-likeness (QED) is 0.103. The summed E-state index contributed by atoms with van der Waals surface area (Å²) in [6.07, 6.45) is 20.0. The molecule has 56 heavy (non-hydrogen) atoms. The van der Waals surface area contributed by atoms with E-state index in [1.165, 1.54) is 70.6 Å². The summed E-state index contributed by atoms with van der Waals surface area (Å²) in [7, 11) is 0. The molecule has 2 aliphatic rings. The van der Waals surface area contributed by atoms with Gasteiger partial charge in [-0.3, -0.25) is 19.2 Å². The number of nitrogens with one attached hydrogen (secondary N) is 4. The van der Waals surface area contributed by atoms with Gasteiger partial charge in [0.15, 0.2) is 0 Å². The maximum absolute atomic E-state index is 12.0. The zero-order chi connectivity index (χ0) is 43.6. The minimum Gasteiger partial charge on any atom is -0.356 e. The molecule has 8 nitrogen and oxygen atoms in total. The van der Waals surface area contributed by atoms with Crippen molar-refractivity contribution in [1.82, 2.24) is 21.3 Å². The Morgan fingerprint density at radius 2 is 0.804 bits per heavy atom. The zero-order valence-electron chi connectivity index (χ0n) is 40.1. The van der Waals surface area contributed by atoms with Gasteiger partial charge in [0.1, 0.15) is 0 Å². The maximum Gasteiger partial charge on any atom is 0.225 e. The lowest BCUT2D eigenvalue weighted by Crippen LogP contribution is -2.40. The average Bonchev–Trinajstić information content (AvgIpc) is 3.71. The molecule has 0 saturated heterocycles. The van der Waals surface area contributed by atoms with Crippen LogP contribution in [0.15, 0.2) is 0 Å². The number of hydrogen-bond acceptors (Lipinski definition) is 4. The van der Waals surface area contributed by atoms with Gasteiger partial charge in [-0.1, -0.05) is 156 Å². The normalized spacial score (nSPS) is 15.5. The van der Waals surface area contributed by atoms with E-state index >= 15 is 0 Å². The van der Waals surface area contributed by atoms with Crippen LogP contribution in [0.1, 0.15) is 220 Å². The summed E-state index contributed by atoms with van der Waals surface area (Å²) in [5.41, 5.74) is -0.621. The minimum atomic E-state index is -0.231. The van der Waals surface area contributed by atoms with Crippen LogP contribution in [-0.4, -0.2) is 49.8 Å². The van der Waals surface area contributed by atoms with Gasteiger partial charge in [-0.15, -0.1) is 0 Å². The summed E-state index contributed by atoms with van der Waals surface area (Å²) in [5, 5.41) is 12.2. The van der Waals surface area contributed by atoms with Crippen molar-refractivity contribution in [1.29, 1.82) is 0 Å². The van der Waals surface area contributed by atoms with Crippen LogP contribution in [0.3, 0.4) is 0 Å². The van der Waals surface area contributed by atoms with Gasteiger partial charge in [0, 0.05) is 47.8 Å². The monoisotopic (exact) mass is 793 g/mol. The smallest absolute Gasteiger partial charge is 0.225 e. The number of unbranched alkanes of at least 4 members (excludes halogenated alkanes) is 2. The highest BCUT2D eigenvalue weighted by molar-refractivity contribution is 5.83. The van der Waals surface area contributed by atoms with Gasteiger partial charge in [-0.25, -0.2) is 0 Å². The largest absolute Gasteiger partial charge is 0.356 e. The summed E-state index contributed by atoms with van der Waals surface area (Å²) in [5.74, 6) is 2.29. The van der Waals surface area contributed by atoms with Gasteiger partial charge in [-0.2, -0.15) is 0 Å². The second kappa shape index (κ2) is 28.3. The summed E-state index contributed by atoms with van der Waals surface area (Å²) in [4.78, 5) is 47.0. The molecule has 0 aromatic heterocycles. The minimum absolute atomic E-state index is 0.154. The molecule has 0 aromatic carbocycles. The van der Waals surface area contributed by atoms with Crippen molar-refractivity contribution in [3.05, 3.63) is 0 Å². The van der Waals surface area contributed by atoms with Crippen molar-refractivity contribution in [2.75, 3.05) is 26.2 Å². The number of carbonyl (C=O) groups excluding carboxylic acids is 4. The van der Waals surface area contributed by atoms with Crippen LogP contribution in [0.4, 0.5) is 0 Å². The van der Waals surface area contributed by atoms with E-state index in [0.717, 1.165) is 76.5 Å². The Labute approximate surface area is 348 Å². The first kappa shape index (κ1) is 56.0. The van der Waals surface area contributed by atoms with E-state index in [2.05, 4.69) is 76.7 Å². The number of amides is 4. The molecule has 2 saturated carbocycles.